The highest BCUT2D eigenvalue weighted by Gasteiger charge is 2.56. The molecule has 19 heteroatoms. The minimum Gasteiger partial charge on any atom is -0.437 e. The van der Waals surface area contributed by atoms with Crippen molar-refractivity contribution in [2.24, 2.45) is 15.9 Å². The van der Waals surface area contributed by atoms with E-state index in [-0.39, 0.29) is 4.77 Å². The summed E-state index contributed by atoms with van der Waals surface area (Å²) in [5, 5.41) is 24.8. The zero-order chi connectivity index (χ0) is 30.5. The number of aliphatic hydroxyl groups is 2. The maximum absolute atomic E-state index is 13.4. The molecule has 1 saturated heterocycles. The predicted molar refractivity (Wildman–Crippen MR) is 136 cm³/mol. The van der Waals surface area contributed by atoms with Gasteiger partial charge in [0.25, 0.3) is 5.56 Å². The molecule has 0 amide bonds. The molecule has 1 aliphatic heterocycles. The van der Waals surface area contributed by atoms with Crippen molar-refractivity contribution in [3.05, 3.63) is 37.8 Å². The van der Waals surface area contributed by atoms with Crippen LogP contribution in [0.4, 0.5) is 0 Å². The zero-order valence-corrected chi connectivity index (χ0v) is 24.3. The summed E-state index contributed by atoms with van der Waals surface area (Å²) >= 11 is 5.05. The molecule has 4 atom stereocenters. The summed E-state index contributed by atoms with van der Waals surface area (Å²) in [6.45, 7) is 6.49. The van der Waals surface area contributed by atoms with Gasteiger partial charge in [-0.1, -0.05) is 5.11 Å². The number of nitrogens with zero attached hydrogens (tertiary/aromatic N) is 4. The van der Waals surface area contributed by atoms with E-state index in [2.05, 4.69) is 15.0 Å². The van der Waals surface area contributed by atoms with Crippen molar-refractivity contribution >= 4 is 32.0 Å². The number of ether oxygens (including phenoxy) is 3. The number of hydrogen-bond acceptors (Lipinski definition) is 14. The molecule has 17 nitrogen and oxygen atoms in total. The van der Waals surface area contributed by atoms with Crippen LogP contribution in [0.2, 0.25) is 0 Å². The average molecular weight is 610 g/mol. The maximum Gasteiger partial charge on any atom is 0.480 e. The molecule has 1 aromatic rings. The van der Waals surface area contributed by atoms with Gasteiger partial charge in [-0.15, -0.1) is 0 Å². The normalized spacial score (nSPS) is 23.4. The number of aliphatic hydroxyl groups excluding tert-OH is 2. The standard InChI is InChI=1S/C21H32N5O12PS/c1-19(2,3)16(30)33-10-36-39(32,37-11-34-17(31)20(4,5)6)35-9-21(24-25-22)14(29)13(28)15(38-21)26-8-7-12(27)23-18(26)40/h7-8,13-15,28-29H,9-11H2,1-6H3,(H,23,27,40)/t13-,14+,15?,21-/m1/s1. The lowest BCUT2D eigenvalue weighted by Gasteiger charge is -2.28. The Morgan fingerprint density at radius 2 is 1.68 bits per heavy atom. The molecule has 0 radical (unpaired) electrons. The number of phosphoric ester groups is 1. The third-order valence-electron chi connectivity index (χ3n) is 5.20. The van der Waals surface area contributed by atoms with E-state index in [9.17, 15) is 29.2 Å². The smallest absolute Gasteiger partial charge is 0.437 e. The van der Waals surface area contributed by atoms with Gasteiger partial charge in [0.05, 0.1) is 17.4 Å². The van der Waals surface area contributed by atoms with Crippen LogP contribution in [0.5, 0.6) is 0 Å². The van der Waals surface area contributed by atoms with E-state index in [1.165, 1.54) is 6.20 Å². The number of rotatable bonds is 11. The molecule has 2 rings (SSSR count). The second kappa shape index (κ2) is 12.9. The fraction of sp³-hybridized carbons (Fsp3) is 0.714. The summed E-state index contributed by atoms with van der Waals surface area (Å²) < 4.78 is 45.0. The van der Waals surface area contributed by atoms with Gasteiger partial charge in [0, 0.05) is 17.2 Å². The van der Waals surface area contributed by atoms with Crippen LogP contribution in [0, 0.1) is 15.6 Å². The van der Waals surface area contributed by atoms with Crippen LogP contribution in [-0.4, -0.2) is 69.8 Å². The molecule has 1 fully saturated rings. The number of aromatic amines is 1. The molecule has 0 aliphatic carbocycles. The first kappa shape index (κ1) is 33.5. The molecule has 3 N–H and O–H groups in total. The fourth-order valence-electron chi connectivity index (χ4n) is 2.93. The largest absolute Gasteiger partial charge is 0.480 e. The number of hydrogen-bond donors (Lipinski definition) is 3. The van der Waals surface area contributed by atoms with Crippen LogP contribution >= 0.6 is 20.0 Å². The Balaban J connectivity index is 2.28. The van der Waals surface area contributed by atoms with Gasteiger partial charge in [-0.3, -0.25) is 28.5 Å². The van der Waals surface area contributed by atoms with Crippen LogP contribution in [0.15, 0.2) is 22.2 Å². The molecule has 0 bridgehead atoms. The first-order valence-corrected chi connectivity index (χ1v) is 13.5. The number of azide groups is 1. The summed E-state index contributed by atoms with van der Waals surface area (Å²) in [6.07, 6.45) is -4.09. The lowest BCUT2D eigenvalue weighted by Crippen LogP contribution is -2.45. The first-order valence-electron chi connectivity index (χ1n) is 11.6. The van der Waals surface area contributed by atoms with E-state index in [1.807, 2.05) is 0 Å². The summed E-state index contributed by atoms with van der Waals surface area (Å²) in [5.74, 6) is -1.44. The van der Waals surface area contributed by atoms with Crippen LogP contribution < -0.4 is 5.56 Å². The summed E-state index contributed by atoms with van der Waals surface area (Å²) in [4.78, 5) is 40.5. The second-order valence-electron chi connectivity index (χ2n) is 10.6. The Morgan fingerprint density at radius 3 is 2.12 bits per heavy atom. The Morgan fingerprint density at radius 1 is 1.15 bits per heavy atom. The molecule has 1 unspecified atom stereocenters. The van der Waals surface area contributed by atoms with Crippen LogP contribution in [0.1, 0.15) is 47.8 Å². The highest BCUT2D eigenvalue weighted by atomic mass is 32.1. The summed E-state index contributed by atoms with van der Waals surface area (Å²) in [6, 6.07) is 1.07. The van der Waals surface area contributed by atoms with Gasteiger partial charge in [0.2, 0.25) is 19.3 Å². The zero-order valence-electron chi connectivity index (χ0n) is 22.6. The van der Waals surface area contributed by atoms with Gasteiger partial charge >= 0.3 is 19.8 Å². The van der Waals surface area contributed by atoms with Crippen LogP contribution in [0.25, 0.3) is 10.4 Å². The average Bonchev–Trinajstić information content (AvgIpc) is 3.07. The van der Waals surface area contributed by atoms with Crippen molar-refractivity contribution in [1.29, 1.82) is 0 Å². The van der Waals surface area contributed by atoms with E-state index in [0.717, 1.165) is 10.6 Å². The molecule has 2 heterocycles. The van der Waals surface area contributed by atoms with E-state index in [0.29, 0.717) is 0 Å². The third-order valence-corrected chi connectivity index (χ3v) is 6.80. The van der Waals surface area contributed by atoms with Crippen molar-refractivity contribution in [2.75, 3.05) is 20.2 Å². The molecule has 1 aliphatic rings. The first-order chi connectivity index (χ1) is 18.3. The Kier molecular flexibility index (Phi) is 10.8. The molecule has 224 valence electrons. The quantitative estimate of drug-likeness (QED) is 0.0622. The van der Waals surface area contributed by atoms with Gasteiger partial charge in [0.1, 0.15) is 12.2 Å². The molecule has 1 aromatic heterocycles. The number of carbonyl (C=O) groups excluding carboxylic acids is 2. The third kappa shape index (κ3) is 8.42. The number of phosphoric acid groups is 1. The lowest BCUT2D eigenvalue weighted by molar-refractivity contribution is -0.165. The van der Waals surface area contributed by atoms with Crippen molar-refractivity contribution in [2.45, 2.75) is 65.7 Å². The van der Waals surface area contributed by atoms with Gasteiger partial charge in [0.15, 0.2) is 11.0 Å². The maximum atomic E-state index is 13.4. The monoisotopic (exact) mass is 609 g/mol. The molecule has 40 heavy (non-hydrogen) atoms. The van der Waals surface area contributed by atoms with Gasteiger partial charge < -0.3 is 24.4 Å². The Labute approximate surface area is 233 Å². The number of aromatic nitrogens is 2. The van der Waals surface area contributed by atoms with Gasteiger partial charge in [-0.2, -0.15) is 0 Å². The molecular weight excluding hydrogens is 577 g/mol. The number of H-pyrrole nitrogens is 1. The Bertz CT molecular complexity index is 1260. The van der Waals surface area contributed by atoms with Crippen molar-refractivity contribution in [3.8, 4) is 0 Å². The molecular formula is C21H32N5O12PS. The molecule has 0 aromatic carbocycles. The summed E-state index contributed by atoms with van der Waals surface area (Å²) in [5.41, 5.74) is 4.31. The minimum atomic E-state index is -4.79. The van der Waals surface area contributed by atoms with Gasteiger partial charge in [-0.25, -0.2) is 13.6 Å². The van der Waals surface area contributed by atoms with Crippen LogP contribution in [-0.2, 0) is 41.9 Å². The van der Waals surface area contributed by atoms with Crippen molar-refractivity contribution < 1.29 is 52.1 Å². The highest BCUT2D eigenvalue weighted by Crippen LogP contribution is 2.52. The predicted octanol–water partition coefficient (Wildman–Crippen LogP) is 2.41. The topological polar surface area (TPSA) is 234 Å². The van der Waals surface area contributed by atoms with E-state index in [1.54, 1.807) is 41.5 Å². The van der Waals surface area contributed by atoms with E-state index < -0.39 is 80.5 Å². The Hall–Kier alpha value is -2.66. The fourth-order valence-corrected chi connectivity index (χ4v) is 4.13. The van der Waals surface area contributed by atoms with Crippen LogP contribution in [0.3, 0.4) is 0 Å². The van der Waals surface area contributed by atoms with Gasteiger partial charge in [-0.05, 0) is 59.3 Å². The van der Waals surface area contributed by atoms with Crippen molar-refractivity contribution in [1.82, 2.24) is 9.55 Å². The molecule has 0 spiro atoms. The van der Waals surface area contributed by atoms with E-state index >= 15 is 0 Å². The number of esters is 2. The number of carbonyl (C=O) groups is 2. The van der Waals surface area contributed by atoms with Crippen molar-refractivity contribution in [3.63, 3.8) is 0 Å². The lowest BCUT2D eigenvalue weighted by atomic mass is 9.98. The highest BCUT2D eigenvalue weighted by molar-refractivity contribution is 7.71. The number of nitrogens with one attached hydrogen (secondary N) is 1. The summed E-state index contributed by atoms with van der Waals surface area (Å²) in [7, 11) is -4.79. The minimum absolute atomic E-state index is 0.194. The SMILES string of the molecule is CC(C)(C)C(=O)OCOP(=O)(OCOC(=O)C(C)(C)C)OC[C@@]1(N=[N+]=[N-])OC(n2ccc(=O)[nH]c2=S)[C@H](O)[C@@H]1O. The van der Waals surface area contributed by atoms with E-state index in [4.69, 9.17) is 45.5 Å². The second-order valence-corrected chi connectivity index (χ2v) is 12.6. The molecule has 0 saturated carbocycles.